The number of carbonyl (C=O) groups is 1. The number of aromatic nitrogens is 1. The molecule has 3 rings (SSSR count). The zero-order chi connectivity index (χ0) is 20.1. The number of nitrogens with zero attached hydrogens (tertiary/aromatic N) is 1. The molecule has 0 atom stereocenters. The van der Waals surface area contributed by atoms with Crippen LogP contribution in [0.25, 0.3) is 0 Å². The second-order valence-corrected chi connectivity index (χ2v) is 8.86. The predicted molar refractivity (Wildman–Crippen MR) is 109 cm³/mol. The van der Waals surface area contributed by atoms with Gasteiger partial charge in [-0.15, -0.1) is 11.3 Å². The Morgan fingerprint density at radius 2 is 1.79 bits per heavy atom. The molecule has 28 heavy (non-hydrogen) atoms. The first-order chi connectivity index (χ1) is 13.3. The van der Waals surface area contributed by atoms with Crippen LogP contribution in [0.4, 0.5) is 10.8 Å². The number of nitrogens with one attached hydrogen (secondary N) is 2. The quantitative estimate of drug-likeness (QED) is 0.613. The molecule has 0 unspecified atom stereocenters. The summed E-state index contributed by atoms with van der Waals surface area (Å²) in [5.41, 5.74) is 1.95. The first-order valence-electron chi connectivity index (χ1n) is 8.29. The Morgan fingerprint density at radius 1 is 1.11 bits per heavy atom. The summed E-state index contributed by atoms with van der Waals surface area (Å²) in [7, 11) is -1.63. The van der Waals surface area contributed by atoms with Gasteiger partial charge in [-0.2, -0.15) is 0 Å². The molecular formula is C19H19N3O4S2. The van der Waals surface area contributed by atoms with E-state index in [0.29, 0.717) is 23.1 Å². The summed E-state index contributed by atoms with van der Waals surface area (Å²) < 4.78 is 28.1. The van der Waals surface area contributed by atoms with Crippen molar-refractivity contribution in [2.24, 2.45) is 0 Å². The molecule has 1 heterocycles. The molecule has 0 spiro atoms. The van der Waals surface area contributed by atoms with Crippen LogP contribution in [0.2, 0.25) is 0 Å². The zero-order valence-electron chi connectivity index (χ0n) is 15.3. The maximum Gasteiger partial charge on any atom is 0.271 e. The van der Waals surface area contributed by atoms with Crippen molar-refractivity contribution in [2.75, 3.05) is 18.7 Å². The second kappa shape index (κ2) is 8.41. The van der Waals surface area contributed by atoms with Gasteiger partial charge in [0, 0.05) is 23.9 Å². The number of amides is 1. The molecule has 2 N–H and O–H groups in total. The number of hydrogen-bond acceptors (Lipinski definition) is 7. The molecular weight excluding hydrogens is 398 g/mol. The lowest BCUT2D eigenvalue weighted by Crippen LogP contribution is -2.23. The van der Waals surface area contributed by atoms with Crippen LogP contribution in [0.3, 0.4) is 0 Å². The third-order valence-electron chi connectivity index (χ3n) is 3.88. The van der Waals surface area contributed by atoms with Crippen molar-refractivity contribution in [2.45, 2.75) is 11.4 Å². The maximum absolute atomic E-state index is 12.3. The fourth-order valence-corrected chi connectivity index (χ4v) is 3.70. The molecule has 0 aliphatic rings. The van der Waals surface area contributed by atoms with Gasteiger partial charge in [0.05, 0.1) is 12.0 Å². The third-order valence-corrected chi connectivity index (χ3v) is 5.77. The van der Waals surface area contributed by atoms with Gasteiger partial charge in [-0.3, -0.25) is 4.79 Å². The minimum absolute atomic E-state index is 0.246. The van der Waals surface area contributed by atoms with E-state index in [9.17, 15) is 13.2 Å². The van der Waals surface area contributed by atoms with Gasteiger partial charge in [0.1, 0.15) is 11.4 Å². The van der Waals surface area contributed by atoms with Crippen LogP contribution in [-0.2, 0) is 16.4 Å². The Kier molecular flexibility index (Phi) is 5.96. The van der Waals surface area contributed by atoms with Crippen LogP contribution < -0.4 is 15.4 Å². The van der Waals surface area contributed by atoms with Gasteiger partial charge < -0.3 is 15.4 Å². The topological polar surface area (TPSA) is 97.4 Å². The van der Waals surface area contributed by atoms with Crippen molar-refractivity contribution in [3.8, 4) is 5.75 Å². The van der Waals surface area contributed by atoms with Crippen LogP contribution >= 0.6 is 11.3 Å². The minimum Gasteiger partial charge on any atom is -0.497 e. The zero-order valence-corrected chi connectivity index (χ0v) is 16.9. The van der Waals surface area contributed by atoms with Gasteiger partial charge in [-0.1, -0.05) is 12.1 Å². The highest BCUT2D eigenvalue weighted by Gasteiger charge is 2.11. The molecule has 0 bridgehead atoms. The van der Waals surface area contributed by atoms with Crippen molar-refractivity contribution < 1.29 is 17.9 Å². The molecule has 0 fully saturated rings. The van der Waals surface area contributed by atoms with Crippen molar-refractivity contribution in [3.05, 3.63) is 65.2 Å². The number of sulfone groups is 1. The van der Waals surface area contributed by atoms with E-state index in [0.717, 1.165) is 17.6 Å². The number of rotatable bonds is 7. The van der Waals surface area contributed by atoms with E-state index in [1.54, 1.807) is 24.6 Å². The highest BCUT2D eigenvalue weighted by Crippen LogP contribution is 2.22. The van der Waals surface area contributed by atoms with E-state index >= 15 is 0 Å². The molecule has 9 heteroatoms. The summed E-state index contributed by atoms with van der Waals surface area (Å²) in [6.45, 7) is 0.385. The minimum atomic E-state index is -3.23. The lowest BCUT2D eigenvalue weighted by molar-refractivity contribution is 0.0946. The molecule has 2 aromatic carbocycles. The smallest absolute Gasteiger partial charge is 0.271 e. The van der Waals surface area contributed by atoms with Crippen LogP contribution in [0.5, 0.6) is 5.75 Å². The van der Waals surface area contributed by atoms with Crippen molar-refractivity contribution in [1.29, 1.82) is 0 Å². The summed E-state index contributed by atoms with van der Waals surface area (Å²) in [4.78, 5) is 16.8. The number of thiazole rings is 1. The first kappa shape index (κ1) is 19.8. The molecule has 0 saturated heterocycles. The predicted octanol–water partition coefficient (Wildman–Crippen LogP) is 3.23. The summed E-state index contributed by atoms with van der Waals surface area (Å²) in [6.07, 6.45) is 1.16. The molecule has 1 amide bonds. The average molecular weight is 418 g/mol. The second-order valence-electron chi connectivity index (χ2n) is 5.99. The molecule has 1 aromatic heterocycles. The summed E-state index contributed by atoms with van der Waals surface area (Å²) >= 11 is 1.29. The number of benzene rings is 2. The van der Waals surface area contributed by atoms with Gasteiger partial charge in [0.15, 0.2) is 15.0 Å². The first-order valence-corrected chi connectivity index (χ1v) is 11.1. The normalized spacial score (nSPS) is 11.1. The summed E-state index contributed by atoms with van der Waals surface area (Å²) in [6, 6.07) is 13.8. The van der Waals surface area contributed by atoms with Gasteiger partial charge in [-0.25, -0.2) is 13.4 Å². The van der Waals surface area contributed by atoms with E-state index in [2.05, 4.69) is 15.6 Å². The Morgan fingerprint density at radius 3 is 2.39 bits per heavy atom. The highest BCUT2D eigenvalue weighted by atomic mass is 32.2. The molecule has 3 aromatic rings. The number of carbonyl (C=O) groups excluding carboxylic acids is 1. The van der Waals surface area contributed by atoms with Crippen molar-refractivity contribution >= 4 is 37.9 Å². The number of ether oxygens (including phenoxy) is 1. The molecule has 7 nitrogen and oxygen atoms in total. The van der Waals surface area contributed by atoms with Gasteiger partial charge in [-0.05, 0) is 42.0 Å². The third kappa shape index (κ3) is 5.08. The maximum atomic E-state index is 12.3. The van der Waals surface area contributed by atoms with E-state index in [1.165, 1.54) is 23.5 Å². The van der Waals surface area contributed by atoms with E-state index in [1.807, 2.05) is 24.3 Å². The Balaban J connectivity index is 1.59. The molecule has 0 aliphatic carbocycles. The highest BCUT2D eigenvalue weighted by molar-refractivity contribution is 7.90. The Labute approximate surface area is 167 Å². The largest absolute Gasteiger partial charge is 0.497 e. The Hall–Kier alpha value is -2.91. The summed E-state index contributed by atoms with van der Waals surface area (Å²) in [5.74, 6) is 0.488. The van der Waals surface area contributed by atoms with Gasteiger partial charge in [0.25, 0.3) is 5.91 Å². The van der Waals surface area contributed by atoms with Gasteiger partial charge >= 0.3 is 0 Å². The average Bonchev–Trinajstić information content (AvgIpc) is 3.15. The van der Waals surface area contributed by atoms with E-state index in [4.69, 9.17) is 4.74 Å². The van der Waals surface area contributed by atoms with Crippen LogP contribution in [0, 0.1) is 0 Å². The molecule has 146 valence electrons. The van der Waals surface area contributed by atoms with Crippen molar-refractivity contribution in [3.63, 3.8) is 0 Å². The number of hydrogen-bond donors (Lipinski definition) is 2. The summed E-state index contributed by atoms with van der Waals surface area (Å²) in [5, 5.41) is 8.09. The fraction of sp³-hybridized carbons (Fsp3) is 0.158. The molecule has 0 aliphatic heterocycles. The lowest BCUT2D eigenvalue weighted by atomic mass is 10.2. The number of methoxy groups -OCH3 is 1. The van der Waals surface area contributed by atoms with E-state index in [-0.39, 0.29) is 10.8 Å². The number of anilines is 2. The van der Waals surface area contributed by atoms with Crippen LogP contribution in [0.15, 0.2) is 58.8 Å². The van der Waals surface area contributed by atoms with Gasteiger partial charge in [0.2, 0.25) is 0 Å². The van der Waals surface area contributed by atoms with Crippen molar-refractivity contribution in [1.82, 2.24) is 10.3 Å². The standard InChI is InChI=1S/C19H19N3O4S2/c1-26-15-7-3-13(4-8-15)11-20-18(23)17-12-27-19(22-17)21-14-5-9-16(10-6-14)28(2,24)25/h3-10,12H,11H2,1-2H3,(H,20,23)(H,21,22). The lowest BCUT2D eigenvalue weighted by Gasteiger charge is -2.05. The molecule has 0 saturated carbocycles. The van der Waals surface area contributed by atoms with Crippen LogP contribution in [-0.4, -0.2) is 32.7 Å². The fourth-order valence-electron chi connectivity index (χ4n) is 2.36. The SMILES string of the molecule is COc1ccc(CNC(=O)c2csc(Nc3ccc(S(C)(=O)=O)cc3)n2)cc1. The van der Waals surface area contributed by atoms with E-state index < -0.39 is 9.84 Å². The molecule has 0 radical (unpaired) electrons. The monoisotopic (exact) mass is 417 g/mol. The Bertz CT molecular complexity index is 1060. The van der Waals surface area contributed by atoms with Crippen LogP contribution in [0.1, 0.15) is 16.1 Å².